The van der Waals surface area contributed by atoms with Gasteiger partial charge in [0.15, 0.2) is 0 Å². The fourth-order valence-corrected chi connectivity index (χ4v) is 2.92. The van der Waals surface area contributed by atoms with Gasteiger partial charge in [0.05, 0.1) is 10.7 Å². The minimum atomic E-state index is 0.494. The van der Waals surface area contributed by atoms with Crippen molar-refractivity contribution in [1.82, 2.24) is 5.32 Å². The third-order valence-corrected chi connectivity index (χ3v) is 4.18. The first-order valence-corrected chi connectivity index (χ1v) is 7.71. The van der Waals surface area contributed by atoms with E-state index < -0.39 is 0 Å². The fraction of sp³-hybridized carbons (Fsp3) is 0.625. The van der Waals surface area contributed by atoms with E-state index >= 15 is 0 Å². The number of para-hydroxylation sites is 1. The molecule has 1 heterocycles. The van der Waals surface area contributed by atoms with Crippen LogP contribution >= 0.6 is 11.6 Å². The van der Waals surface area contributed by atoms with Crippen LogP contribution in [0.5, 0.6) is 0 Å². The Balaban J connectivity index is 2.17. The van der Waals surface area contributed by atoms with Crippen LogP contribution in [0.2, 0.25) is 5.02 Å². The zero-order chi connectivity index (χ0) is 13.8. The summed E-state index contributed by atoms with van der Waals surface area (Å²) in [5, 5.41) is 4.38. The molecule has 0 atom stereocenters. The second-order valence-corrected chi connectivity index (χ2v) is 6.36. The summed E-state index contributed by atoms with van der Waals surface area (Å²) < 4.78 is 0. The van der Waals surface area contributed by atoms with E-state index in [4.69, 9.17) is 11.6 Å². The van der Waals surface area contributed by atoms with Gasteiger partial charge in [-0.05, 0) is 30.4 Å². The molecule has 1 aromatic rings. The second-order valence-electron chi connectivity index (χ2n) is 5.95. The van der Waals surface area contributed by atoms with Gasteiger partial charge in [0, 0.05) is 25.7 Å². The van der Waals surface area contributed by atoms with Crippen molar-refractivity contribution in [2.75, 3.05) is 18.0 Å². The lowest BCUT2D eigenvalue weighted by Crippen LogP contribution is -2.34. The zero-order valence-corrected chi connectivity index (χ0v) is 13.0. The number of nitrogens with one attached hydrogen (secondary N) is 1. The molecule has 0 amide bonds. The van der Waals surface area contributed by atoms with Gasteiger partial charge in [0.25, 0.3) is 0 Å². The van der Waals surface area contributed by atoms with E-state index in [1.807, 2.05) is 6.07 Å². The van der Waals surface area contributed by atoms with Gasteiger partial charge in [-0.2, -0.15) is 0 Å². The Bertz CT molecular complexity index is 409. The van der Waals surface area contributed by atoms with Crippen LogP contribution in [0, 0.1) is 5.92 Å². The first-order chi connectivity index (χ1) is 9.08. The summed E-state index contributed by atoms with van der Waals surface area (Å²) >= 11 is 6.44. The minimum absolute atomic E-state index is 0.494. The SMILES string of the molecule is CC1CCN(c2c(Cl)cccc2CNC(C)C)CC1. The maximum Gasteiger partial charge on any atom is 0.0642 e. The monoisotopic (exact) mass is 280 g/mol. The highest BCUT2D eigenvalue weighted by molar-refractivity contribution is 6.33. The van der Waals surface area contributed by atoms with Gasteiger partial charge in [0.1, 0.15) is 0 Å². The van der Waals surface area contributed by atoms with Crippen molar-refractivity contribution >= 4 is 17.3 Å². The maximum absolute atomic E-state index is 6.44. The summed E-state index contributed by atoms with van der Waals surface area (Å²) in [6, 6.07) is 6.74. The highest BCUT2D eigenvalue weighted by atomic mass is 35.5. The second kappa shape index (κ2) is 6.62. The van der Waals surface area contributed by atoms with Gasteiger partial charge in [-0.3, -0.25) is 0 Å². The topological polar surface area (TPSA) is 15.3 Å². The average Bonchev–Trinajstić information content (AvgIpc) is 2.38. The Morgan fingerprint density at radius 1 is 1.32 bits per heavy atom. The number of piperidine rings is 1. The average molecular weight is 281 g/mol. The first-order valence-electron chi connectivity index (χ1n) is 7.33. The van der Waals surface area contributed by atoms with E-state index in [0.717, 1.165) is 30.6 Å². The quantitative estimate of drug-likeness (QED) is 0.894. The van der Waals surface area contributed by atoms with Gasteiger partial charge in [-0.1, -0.05) is 44.5 Å². The van der Waals surface area contributed by atoms with Gasteiger partial charge in [-0.15, -0.1) is 0 Å². The summed E-state index contributed by atoms with van der Waals surface area (Å²) in [7, 11) is 0. The first kappa shape index (κ1) is 14.7. The molecule has 0 aliphatic carbocycles. The number of hydrogen-bond acceptors (Lipinski definition) is 2. The molecular formula is C16H25ClN2. The van der Waals surface area contributed by atoms with Crippen molar-refractivity contribution in [3.63, 3.8) is 0 Å². The van der Waals surface area contributed by atoms with E-state index in [1.165, 1.54) is 24.1 Å². The molecule has 0 unspecified atom stereocenters. The van der Waals surface area contributed by atoms with Gasteiger partial charge in [0.2, 0.25) is 0 Å². The number of halogens is 1. The molecular weight excluding hydrogens is 256 g/mol. The highest BCUT2D eigenvalue weighted by Gasteiger charge is 2.20. The van der Waals surface area contributed by atoms with Crippen LogP contribution in [0.15, 0.2) is 18.2 Å². The van der Waals surface area contributed by atoms with Crippen molar-refractivity contribution in [3.8, 4) is 0 Å². The molecule has 0 saturated carbocycles. The molecule has 0 radical (unpaired) electrons. The molecule has 0 bridgehead atoms. The molecule has 1 aliphatic heterocycles. The summed E-state index contributed by atoms with van der Waals surface area (Å²) in [4.78, 5) is 2.46. The molecule has 1 saturated heterocycles. The Hall–Kier alpha value is -0.730. The molecule has 2 rings (SSSR count). The van der Waals surface area contributed by atoms with E-state index in [-0.39, 0.29) is 0 Å². The van der Waals surface area contributed by atoms with Crippen LogP contribution in [0.4, 0.5) is 5.69 Å². The van der Waals surface area contributed by atoms with E-state index in [0.29, 0.717) is 6.04 Å². The minimum Gasteiger partial charge on any atom is -0.370 e. The van der Waals surface area contributed by atoms with Gasteiger partial charge in [-0.25, -0.2) is 0 Å². The van der Waals surface area contributed by atoms with Crippen LogP contribution in [0.1, 0.15) is 39.2 Å². The molecule has 1 aliphatic rings. The molecule has 1 fully saturated rings. The highest BCUT2D eigenvalue weighted by Crippen LogP contribution is 2.33. The smallest absolute Gasteiger partial charge is 0.0642 e. The van der Waals surface area contributed by atoms with Gasteiger partial charge < -0.3 is 10.2 Å². The molecule has 0 aromatic heterocycles. The predicted molar refractivity (Wildman–Crippen MR) is 84.0 cm³/mol. The lowest BCUT2D eigenvalue weighted by atomic mass is 9.98. The van der Waals surface area contributed by atoms with E-state index in [9.17, 15) is 0 Å². The molecule has 0 spiro atoms. The van der Waals surface area contributed by atoms with Crippen LogP contribution in [-0.4, -0.2) is 19.1 Å². The van der Waals surface area contributed by atoms with E-state index in [2.05, 4.69) is 43.1 Å². The maximum atomic E-state index is 6.44. The Morgan fingerprint density at radius 2 is 2.00 bits per heavy atom. The molecule has 2 nitrogen and oxygen atoms in total. The molecule has 19 heavy (non-hydrogen) atoms. The van der Waals surface area contributed by atoms with Crippen molar-refractivity contribution < 1.29 is 0 Å². The molecule has 1 aromatic carbocycles. The summed E-state index contributed by atoms with van der Waals surface area (Å²) in [6.07, 6.45) is 2.53. The predicted octanol–water partition coefficient (Wildman–Crippen LogP) is 4.07. The molecule has 1 N–H and O–H groups in total. The summed E-state index contributed by atoms with van der Waals surface area (Å²) in [6.45, 7) is 9.82. The van der Waals surface area contributed by atoms with Crippen molar-refractivity contribution in [1.29, 1.82) is 0 Å². The zero-order valence-electron chi connectivity index (χ0n) is 12.2. The van der Waals surface area contributed by atoms with Crippen molar-refractivity contribution in [2.45, 2.75) is 46.2 Å². The van der Waals surface area contributed by atoms with Crippen LogP contribution in [0.25, 0.3) is 0 Å². The Morgan fingerprint density at radius 3 is 2.63 bits per heavy atom. The van der Waals surface area contributed by atoms with Crippen molar-refractivity contribution in [3.05, 3.63) is 28.8 Å². The summed E-state index contributed by atoms with van der Waals surface area (Å²) in [5.41, 5.74) is 2.56. The Labute approximate surface area is 122 Å². The summed E-state index contributed by atoms with van der Waals surface area (Å²) in [5.74, 6) is 0.843. The lowest BCUT2D eigenvalue weighted by Gasteiger charge is -2.34. The lowest BCUT2D eigenvalue weighted by molar-refractivity contribution is 0.437. The van der Waals surface area contributed by atoms with Crippen LogP contribution in [0.3, 0.4) is 0 Å². The molecule has 3 heteroatoms. The van der Waals surface area contributed by atoms with Crippen molar-refractivity contribution in [2.24, 2.45) is 5.92 Å². The standard InChI is InChI=1S/C16H25ClN2/c1-12(2)18-11-14-5-4-6-15(17)16(14)19-9-7-13(3)8-10-19/h4-6,12-13,18H,7-11H2,1-3H3. The normalized spacial score (nSPS) is 17.2. The number of benzene rings is 1. The van der Waals surface area contributed by atoms with Gasteiger partial charge >= 0.3 is 0 Å². The van der Waals surface area contributed by atoms with E-state index in [1.54, 1.807) is 0 Å². The third kappa shape index (κ3) is 3.87. The number of rotatable bonds is 4. The number of hydrogen-bond donors (Lipinski definition) is 1. The van der Waals surface area contributed by atoms with Crippen LogP contribution < -0.4 is 10.2 Å². The number of nitrogens with zero attached hydrogens (tertiary/aromatic N) is 1. The molecule has 106 valence electrons. The van der Waals surface area contributed by atoms with Crippen LogP contribution in [-0.2, 0) is 6.54 Å². The third-order valence-electron chi connectivity index (χ3n) is 3.87. The fourth-order valence-electron chi connectivity index (χ4n) is 2.60. The Kier molecular flexibility index (Phi) is 5.12. The number of anilines is 1. The largest absolute Gasteiger partial charge is 0.370 e.